The molecule has 0 saturated carbocycles. The molecule has 2 aromatic carbocycles. The summed E-state index contributed by atoms with van der Waals surface area (Å²) in [5, 5.41) is 19.7. The number of hydrogen-bond acceptors (Lipinski definition) is 5. The van der Waals surface area contributed by atoms with Gasteiger partial charge < -0.3 is 14.9 Å². The van der Waals surface area contributed by atoms with Crippen LogP contribution in [-0.4, -0.2) is 19.8 Å². The van der Waals surface area contributed by atoms with Crippen molar-refractivity contribution in [2.45, 2.75) is 22.6 Å². The Morgan fingerprint density at radius 1 is 1.13 bits per heavy atom. The number of aliphatic hydroxyl groups is 1. The molecule has 23 heavy (non-hydrogen) atoms. The Kier molecular flexibility index (Phi) is 5.23. The SMILES string of the molecule is Cc1c2cccc1S2.O=[N+]([O-])c1ccccc1C(O)P(=O)(O)O. The van der Waals surface area contributed by atoms with E-state index < -0.39 is 29.6 Å². The summed E-state index contributed by atoms with van der Waals surface area (Å²) in [6, 6.07) is 11.3. The molecule has 7 nitrogen and oxygen atoms in total. The highest BCUT2D eigenvalue weighted by molar-refractivity contribution is 8.00. The number of aryl methyl sites for hydroxylation is 1. The van der Waals surface area contributed by atoms with Crippen LogP contribution in [0.3, 0.4) is 0 Å². The number of nitro groups is 1. The molecule has 9 heteroatoms. The van der Waals surface area contributed by atoms with Gasteiger partial charge in [-0.15, -0.1) is 0 Å². The quantitative estimate of drug-likeness (QED) is 0.375. The Labute approximate surface area is 136 Å². The highest BCUT2D eigenvalue weighted by Gasteiger charge is 2.33. The standard InChI is InChI=1S/C7H8NO6P.C7H6S/c9-7(15(12,13)14)5-3-1-2-4-6(5)8(10)11;1-5-6-3-2-4-7(5)8-6/h1-4,7,9H,(H2,12,13,14);2-4H,1H3. The van der Waals surface area contributed by atoms with Crippen LogP contribution in [0.2, 0.25) is 0 Å². The van der Waals surface area contributed by atoms with E-state index >= 15 is 0 Å². The van der Waals surface area contributed by atoms with Gasteiger partial charge in [-0.05, 0) is 30.7 Å². The Morgan fingerprint density at radius 2 is 1.70 bits per heavy atom. The second-order valence-corrected chi connectivity index (χ2v) is 7.51. The van der Waals surface area contributed by atoms with E-state index in [4.69, 9.17) is 9.79 Å². The van der Waals surface area contributed by atoms with Crippen LogP contribution in [0.5, 0.6) is 0 Å². The number of nitro benzene ring substituents is 1. The van der Waals surface area contributed by atoms with Gasteiger partial charge >= 0.3 is 7.60 Å². The minimum Gasteiger partial charge on any atom is -0.376 e. The van der Waals surface area contributed by atoms with Crippen molar-refractivity contribution in [2.75, 3.05) is 0 Å². The molecule has 3 N–H and O–H groups in total. The Balaban J connectivity index is 0.000000198. The average molecular weight is 355 g/mol. The predicted molar refractivity (Wildman–Crippen MR) is 85.4 cm³/mol. The predicted octanol–water partition coefficient (Wildman–Crippen LogP) is 3.22. The van der Waals surface area contributed by atoms with Crippen LogP contribution in [0.25, 0.3) is 0 Å². The smallest absolute Gasteiger partial charge is 0.358 e. The molecule has 0 fully saturated rings. The molecule has 4 rings (SSSR count). The maximum Gasteiger partial charge on any atom is 0.358 e. The molecule has 2 heterocycles. The lowest BCUT2D eigenvalue weighted by Gasteiger charge is -2.18. The van der Waals surface area contributed by atoms with E-state index in [1.54, 1.807) is 0 Å². The first kappa shape index (κ1) is 17.7. The van der Waals surface area contributed by atoms with E-state index in [0.717, 1.165) is 12.1 Å². The van der Waals surface area contributed by atoms with Crippen molar-refractivity contribution >= 4 is 25.0 Å². The number of hydrogen-bond donors (Lipinski definition) is 3. The number of aliphatic hydroxyl groups excluding tert-OH is 1. The topological polar surface area (TPSA) is 121 Å². The molecule has 2 bridgehead atoms. The zero-order valence-corrected chi connectivity index (χ0v) is 13.7. The molecule has 2 aliphatic rings. The summed E-state index contributed by atoms with van der Waals surface area (Å²) in [6.07, 6.45) is 0. The fraction of sp³-hybridized carbons (Fsp3) is 0.143. The number of para-hydroxylation sites is 1. The minimum absolute atomic E-state index is 0.393. The summed E-state index contributed by atoms with van der Waals surface area (Å²) in [7, 11) is -4.79. The first-order valence-corrected chi connectivity index (χ1v) is 8.95. The van der Waals surface area contributed by atoms with Crippen LogP contribution in [-0.2, 0) is 4.57 Å². The molecule has 0 aliphatic carbocycles. The summed E-state index contributed by atoms with van der Waals surface area (Å²) in [6.45, 7) is 2.17. The van der Waals surface area contributed by atoms with Gasteiger partial charge in [0.05, 0.1) is 10.5 Å². The fourth-order valence-corrected chi connectivity index (χ4v) is 3.42. The molecule has 122 valence electrons. The van der Waals surface area contributed by atoms with Gasteiger partial charge in [0, 0.05) is 15.9 Å². The lowest BCUT2D eigenvalue weighted by Crippen LogP contribution is -2.02. The van der Waals surface area contributed by atoms with Crippen molar-refractivity contribution in [1.82, 2.24) is 0 Å². The summed E-state index contributed by atoms with van der Waals surface area (Å²) >= 11 is 1.88. The van der Waals surface area contributed by atoms with E-state index in [2.05, 4.69) is 25.1 Å². The molecule has 2 aromatic rings. The summed E-state index contributed by atoms with van der Waals surface area (Å²) in [5.74, 6) is -2.17. The summed E-state index contributed by atoms with van der Waals surface area (Å²) in [5.41, 5.74) is 0.557. The van der Waals surface area contributed by atoms with Gasteiger partial charge in [0.25, 0.3) is 5.69 Å². The van der Waals surface area contributed by atoms with Gasteiger partial charge in [0.2, 0.25) is 0 Å². The van der Waals surface area contributed by atoms with Crippen LogP contribution in [0, 0.1) is 17.0 Å². The van der Waals surface area contributed by atoms with Crippen LogP contribution in [0.1, 0.15) is 17.0 Å². The lowest BCUT2D eigenvalue weighted by molar-refractivity contribution is -0.386. The van der Waals surface area contributed by atoms with Gasteiger partial charge in [0.1, 0.15) is 0 Å². The van der Waals surface area contributed by atoms with Gasteiger partial charge in [-0.3, -0.25) is 14.7 Å². The number of nitrogens with zero attached hydrogens (tertiary/aromatic N) is 1. The molecule has 2 aliphatic heterocycles. The van der Waals surface area contributed by atoms with E-state index in [-0.39, 0.29) is 0 Å². The second-order valence-electron chi connectivity index (χ2n) is 4.76. The molecule has 0 aromatic heterocycles. The van der Waals surface area contributed by atoms with Crippen molar-refractivity contribution < 1.29 is 24.4 Å². The molecular formula is C14H14NO6PS. The Morgan fingerprint density at radius 3 is 2.09 bits per heavy atom. The van der Waals surface area contributed by atoms with Crippen molar-refractivity contribution in [2.24, 2.45) is 0 Å². The maximum absolute atomic E-state index is 10.7. The van der Waals surface area contributed by atoms with Crippen molar-refractivity contribution in [1.29, 1.82) is 0 Å². The lowest BCUT2D eigenvalue weighted by atomic mass is 10.2. The van der Waals surface area contributed by atoms with Crippen molar-refractivity contribution in [3.63, 3.8) is 0 Å². The van der Waals surface area contributed by atoms with Crippen LogP contribution in [0.15, 0.2) is 52.3 Å². The van der Waals surface area contributed by atoms with Crippen LogP contribution < -0.4 is 0 Å². The van der Waals surface area contributed by atoms with Gasteiger partial charge in [0.15, 0.2) is 5.85 Å². The van der Waals surface area contributed by atoms with E-state index in [1.807, 2.05) is 11.8 Å². The molecule has 0 saturated heterocycles. The molecule has 0 amide bonds. The van der Waals surface area contributed by atoms with E-state index in [1.165, 1.54) is 27.5 Å². The number of rotatable bonds is 3. The first-order valence-electron chi connectivity index (χ1n) is 6.46. The normalized spacial score (nSPS) is 13.4. The zero-order chi connectivity index (χ0) is 17.2. The molecule has 1 atom stereocenters. The van der Waals surface area contributed by atoms with Gasteiger partial charge in [-0.25, -0.2) is 0 Å². The highest BCUT2D eigenvalue weighted by atomic mass is 32.2. The Bertz CT molecular complexity index is 770. The largest absolute Gasteiger partial charge is 0.376 e. The number of fused-ring (bicyclic) bond motifs is 2. The summed E-state index contributed by atoms with van der Waals surface area (Å²) < 4.78 is 10.7. The molecule has 0 radical (unpaired) electrons. The summed E-state index contributed by atoms with van der Waals surface area (Å²) in [4.78, 5) is 29.9. The Hall–Kier alpha value is -1.70. The molecule has 1 unspecified atom stereocenters. The second kappa shape index (κ2) is 6.82. The third-order valence-corrected chi connectivity index (χ3v) is 5.42. The average Bonchev–Trinajstić information content (AvgIpc) is 2.54. The molecule has 0 spiro atoms. The van der Waals surface area contributed by atoms with E-state index in [0.29, 0.717) is 0 Å². The van der Waals surface area contributed by atoms with Crippen LogP contribution in [0.4, 0.5) is 5.69 Å². The first-order chi connectivity index (χ1) is 10.7. The van der Waals surface area contributed by atoms with Crippen molar-refractivity contribution in [3.05, 3.63) is 63.7 Å². The van der Waals surface area contributed by atoms with Crippen LogP contribution >= 0.6 is 19.4 Å². The van der Waals surface area contributed by atoms with Gasteiger partial charge in [-0.1, -0.05) is 30.0 Å². The highest BCUT2D eigenvalue weighted by Crippen LogP contribution is 2.51. The monoisotopic (exact) mass is 355 g/mol. The third kappa shape index (κ3) is 3.99. The molecular weight excluding hydrogens is 341 g/mol. The van der Waals surface area contributed by atoms with E-state index in [9.17, 15) is 19.8 Å². The fourth-order valence-electron chi connectivity index (χ4n) is 1.94. The minimum atomic E-state index is -4.79. The third-order valence-electron chi connectivity index (χ3n) is 3.18. The van der Waals surface area contributed by atoms with Gasteiger partial charge in [-0.2, -0.15) is 0 Å². The maximum atomic E-state index is 10.7. The van der Waals surface area contributed by atoms with Crippen molar-refractivity contribution in [3.8, 4) is 0 Å². The number of benzene rings is 2. The zero-order valence-electron chi connectivity index (χ0n) is 12.0.